The number of rotatable bonds is 7. The molecule has 8 heteroatoms. The third-order valence-electron chi connectivity index (χ3n) is 4.26. The van der Waals surface area contributed by atoms with E-state index in [0.717, 1.165) is 32.5 Å². The first-order valence-electron chi connectivity index (χ1n) is 8.10. The lowest BCUT2D eigenvalue weighted by molar-refractivity contribution is -0.134. The molecule has 0 saturated carbocycles. The van der Waals surface area contributed by atoms with Gasteiger partial charge in [-0.05, 0) is 25.8 Å². The van der Waals surface area contributed by atoms with E-state index in [9.17, 15) is 14.4 Å². The molecule has 2 aliphatic rings. The van der Waals surface area contributed by atoms with Crippen LogP contribution >= 0.6 is 12.4 Å². The van der Waals surface area contributed by atoms with E-state index in [0.29, 0.717) is 19.4 Å². The molecule has 2 heterocycles. The quantitative estimate of drug-likeness (QED) is 0.688. The van der Waals surface area contributed by atoms with Crippen molar-refractivity contribution in [3.63, 3.8) is 0 Å². The fourth-order valence-electron chi connectivity index (χ4n) is 3.08. The highest BCUT2D eigenvalue weighted by Gasteiger charge is 2.33. The molecule has 0 spiro atoms. The molecule has 4 amide bonds. The summed E-state index contributed by atoms with van der Waals surface area (Å²) in [6.07, 6.45) is 2.86. The summed E-state index contributed by atoms with van der Waals surface area (Å²) in [5.41, 5.74) is 0. The molecule has 1 atom stereocenters. The maximum absolute atomic E-state index is 12.4. The van der Waals surface area contributed by atoms with E-state index in [1.54, 1.807) is 7.05 Å². The van der Waals surface area contributed by atoms with Crippen LogP contribution in [0.5, 0.6) is 0 Å². The predicted molar refractivity (Wildman–Crippen MR) is 89.5 cm³/mol. The number of urea groups is 1. The lowest BCUT2D eigenvalue weighted by Crippen LogP contribution is -2.42. The van der Waals surface area contributed by atoms with Crippen molar-refractivity contribution in [1.82, 2.24) is 20.0 Å². The third kappa shape index (κ3) is 4.81. The first-order chi connectivity index (χ1) is 10.5. The molecule has 1 unspecified atom stereocenters. The molecule has 0 aromatic carbocycles. The summed E-state index contributed by atoms with van der Waals surface area (Å²) in [5, 5.41) is 3.29. The lowest BCUT2D eigenvalue weighted by Gasteiger charge is -2.28. The van der Waals surface area contributed by atoms with Gasteiger partial charge in [0.25, 0.3) is 0 Å². The second-order valence-electron chi connectivity index (χ2n) is 6.02. The van der Waals surface area contributed by atoms with Gasteiger partial charge < -0.3 is 15.1 Å². The van der Waals surface area contributed by atoms with Gasteiger partial charge in [-0.1, -0.05) is 6.92 Å². The smallest absolute Gasteiger partial charge is 0.326 e. The highest BCUT2D eigenvalue weighted by Crippen LogP contribution is 2.13. The summed E-state index contributed by atoms with van der Waals surface area (Å²) in [6.45, 7) is 5.13. The van der Waals surface area contributed by atoms with Gasteiger partial charge in [-0.25, -0.2) is 4.79 Å². The minimum atomic E-state index is -0.261. The van der Waals surface area contributed by atoms with Gasteiger partial charge in [0.2, 0.25) is 11.8 Å². The molecule has 132 valence electrons. The average Bonchev–Trinajstić information content (AvgIpc) is 3.08. The van der Waals surface area contributed by atoms with Crippen LogP contribution < -0.4 is 5.32 Å². The number of carbonyl (C=O) groups excluding carboxylic acids is 3. The molecule has 1 N–H and O–H groups in total. The van der Waals surface area contributed by atoms with Crippen molar-refractivity contribution in [3.05, 3.63) is 0 Å². The van der Waals surface area contributed by atoms with Gasteiger partial charge in [0, 0.05) is 39.1 Å². The zero-order chi connectivity index (χ0) is 16.1. The van der Waals surface area contributed by atoms with Crippen LogP contribution in [0.3, 0.4) is 0 Å². The number of carbonyl (C=O) groups is 3. The maximum Gasteiger partial charge on any atom is 0.326 e. The van der Waals surface area contributed by atoms with Crippen molar-refractivity contribution in [1.29, 1.82) is 0 Å². The van der Waals surface area contributed by atoms with Crippen LogP contribution in [0.1, 0.15) is 32.6 Å². The number of likely N-dealkylation sites (N-methyl/N-ethyl adjacent to an activating group) is 1. The Hall–Kier alpha value is -1.34. The van der Waals surface area contributed by atoms with Crippen molar-refractivity contribution >= 4 is 30.3 Å². The topological polar surface area (TPSA) is 73.0 Å². The van der Waals surface area contributed by atoms with Gasteiger partial charge in [-0.3, -0.25) is 14.5 Å². The van der Waals surface area contributed by atoms with E-state index in [4.69, 9.17) is 0 Å². The Morgan fingerprint density at radius 3 is 2.65 bits per heavy atom. The van der Waals surface area contributed by atoms with E-state index in [2.05, 4.69) is 12.2 Å². The van der Waals surface area contributed by atoms with Crippen LogP contribution in [0, 0.1) is 0 Å². The summed E-state index contributed by atoms with van der Waals surface area (Å²) in [6, 6.07) is 0.0245. The largest absolute Gasteiger partial charge is 0.338 e. The molecule has 2 aliphatic heterocycles. The van der Waals surface area contributed by atoms with Crippen LogP contribution in [-0.4, -0.2) is 78.4 Å². The molecule has 2 rings (SSSR count). The lowest BCUT2D eigenvalue weighted by atomic mass is 10.1. The monoisotopic (exact) mass is 346 g/mol. The average molecular weight is 347 g/mol. The normalized spacial score (nSPS) is 20.9. The Morgan fingerprint density at radius 2 is 2.13 bits per heavy atom. The van der Waals surface area contributed by atoms with Crippen LogP contribution in [0.2, 0.25) is 0 Å². The van der Waals surface area contributed by atoms with E-state index in [1.165, 1.54) is 9.80 Å². The van der Waals surface area contributed by atoms with E-state index in [1.807, 2.05) is 4.90 Å². The standard InChI is InChI=1S/C15H26N4O3.ClH/c1-3-8-18(12-6-7-16-10-12)13(20)5-4-9-19-14(21)11-17(2)15(19)22;/h12,16H,3-11H2,1-2H3;1H. The molecule has 0 aromatic heterocycles. The zero-order valence-electron chi connectivity index (χ0n) is 13.9. The van der Waals surface area contributed by atoms with E-state index >= 15 is 0 Å². The molecule has 0 aromatic rings. The van der Waals surface area contributed by atoms with Gasteiger partial charge in [0.1, 0.15) is 6.54 Å². The second-order valence-corrected chi connectivity index (χ2v) is 6.02. The van der Waals surface area contributed by atoms with Crippen molar-refractivity contribution in [2.75, 3.05) is 39.8 Å². The highest BCUT2D eigenvalue weighted by molar-refractivity contribution is 6.01. The first-order valence-corrected chi connectivity index (χ1v) is 8.10. The van der Waals surface area contributed by atoms with Crippen molar-refractivity contribution in [2.45, 2.75) is 38.6 Å². The minimum absolute atomic E-state index is 0. The minimum Gasteiger partial charge on any atom is -0.338 e. The number of nitrogens with one attached hydrogen (secondary N) is 1. The van der Waals surface area contributed by atoms with Gasteiger partial charge in [0.15, 0.2) is 0 Å². The Labute approximate surface area is 143 Å². The molecular formula is C15H27ClN4O3. The molecule has 2 saturated heterocycles. The Morgan fingerprint density at radius 1 is 1.39 bits per heavy atom. The third-order valence-corrected chi connectivity index (χ3v) is 4.26. The van der Waals surface area contributed by atoms with Crippen LogP contribution in [0.4, 0.5) is 4.79 Å². The molecule has 7 nitrogen and oxygen atoms in total. The molecule has 23 heavy (non-hydrogen) atoms. The first kappa shape index (κ1) is 19.7. The number of amides is 4. The summed E-state index contributed by atoms with van der Waals surface area (Å²) in [4.78, 5) is 40.5. The van der Waals surface area contributed by atoms with Crippen LogP contribution in [0.15, 0.2) is 0 Å². The summed E-state index contributed by atoms with van der Waals surface area (Å²) in [5.74, 6) is -0.0478. The van der Waals surface area contributed by atoms with E-state index in [-0.39, 0.29) is 42.8 Å². The fraction of sp³-hybridized carbons (Fsp3) is 0.800. The molecule has 0 bridgehead atoms. The number of halogens is 1. The van der Waals surface area contributed by atoms with Gasteiger partial charge in [-0.2, -0.15) is 0 Å². The molecular weight excluding hydrogens is 320 g/mol. The Bertz CT molecular complexity index is 440. The summed E-state index contributed by atoms with van der Waals surface area (Å²) in [7, 11) is 1.61. The van der Waals surface area contributed by atoms with Crippen molar-refractivity contribution in [2.24, 2.45) is 0 Å². The highest BCUT2D eigenvalue weighted by atomic mass is 35.5. The van der Waals surface area contributed by atoms with Crippen molar-refractivity contribution in [3.8, 4) is 0 Å². The van der Waals surface area contributed by atoms with E-state index < -0.39 is 0 Å². The Balaban J connectivity index is 0.00000264. The number of hydrogen-bond donors (Lipinski definition) is 1. The second kappa shape index (κ2) is 9.08. The van der Waals surface area contributed by atoms with Crippen LogP contribution in [0.25, 0.3) is 0 Å². The fourth-order valence-corrected chi connectivity index (χ4v) is 3.08. The molecule has 0 radical (unpaired) electrons. The Kier molecular flexibility index (Phi) is 7.78. The zero-order valence-corrected chi connectivity index (χ0v) is 14.7. The predicted octanol–water partition coefficient (Wildman–Crippen LogP) is 0.683. The number of imide groups is 1. The van der Waals surface area contributed by atoms with Gasteiger partial charge >= 0.3 is 6.03 Å². The molecule has 0 aliphatic carbocycles. The SMILES string of the molecule is CCCN(C(=O)CCCN1C(=O)CN(C)C1=O)C1CCNC1.Cl. The number of hydrogen-bond acceptors (Lipinski definition) is 4. The van der Waals surface area contributed by atoms with Gasteiger partial charge in [-0.15, -0.1) is 12.4 Å². The van der Waals surface area contributed by atoms with Crippen molar-refractivity contribution < 1.29 is 14.4 Å². The summed E-state index contributed by atoms with van der Waals surface area (Å²) < 4.78 is 0. The molecule has 2 fully saturated rings. The maximum atomic E-state index is 12.4. The number of nitrogens with zero attached hydrogens (tertiary/aromatic N) is 3. The van der Waals surface area contributed by atoms with Gasteiger partial charge in [0.05, 0.1) is 0 Å². The summed E-state index contributed by atoms with van der Waals surface area (Å²) >= 11 is 0. The van der Waals surface area contributed by atoms with Crippen LogP contribution in [-0.2, 0) is 9.59 Å².